The highest BCUT2D eigenvalue weighted by Gasteiger charge is 2.15. The second kappa shape index (κ2) is 6.05. The van der Waals surface area contributed by atoms with Crippen molar-refractivity contribution in [2.24, 2.45) is 0 Å². The van der Waals surface area contributed by atoms with Crippen molar-refractivity contribution in [2.45, 2.75) is 26.7 Å². The molecule has 106 valence electrons. The van der Waals surface area contributed by atoms with Crippen LogP contribution in [0.25, 0.3) is 0 Å². The number of benzene rings is 1. The number of rotatable bonds is 4. The summed E-state index contributed by atoms with van der Waals surface area (Å²) in [6.07, 6.45) is 0. The third kappa shape index (κ3) is 3.17. The van der Waals surface area contributed by atoms with E-state index in [4.69, 9.17) is 0 Å². The lowest BCUT2D eigenvalue weighted by Gasteiger charge is -2.07. The molecule has 0 unspecified atom stereocenters. The molecule has 2 rings (SSSR count). The molecule has 5 heteroatoms. The molecule has 0 fully saturated rings. The predicted molar refractivity (Wildman–Crippen MR) is 84.9 cm³/mol. The number of nitrogens with zero attached hydrogens (tertiary/aromatic N) is 1. The van der Waals surface area contributed by atoms with Crippen molar-refractivity contribution in [3.8, 4) is 0 Å². The van der Waals surface area contributed by atoms with E-state index in [1.165, 1.54) is 16.9 Å². The van der Waals surface area contributed by atoms with Crippen molar-refractivity contribution < 1.29 is 4.79 Å². The van der Waals surface area contributed by atoms with Crippen LogP contribution < -0.4 is 10.6 Å². The zero-order valence-corrected chi connectivity index (χ0v) is 13.0. The summed E-state index contributed by atoms with van der Waals surface area (Å²) in [5, 5.41) is 6.61. The molecule has 2 aromatic rings. The highest BCUT2D eigenvalue weighted by atomic mass is 32.1. The molecule has 0 aliphatic heterocycles. The Morgan fingerprint density at radius 2 is 1.90 bits per heavy atom. The van der Waals surface area contributed by atoms with Gasteiger partial charge in [-0.15, -0.1) is 0 Å². The smallest absolute Gasteiger partial charge is 0.267 e. The molecule has 1 amide bonds. The van der Waals surface area contributed by atoms with Gasteiger partial charge in [0.05, 0.1) is 5.69 Å². The van der Waals surface area contributed by atoms with E-state index in [-0.39, 0.29) is 5.91 Å². The monoisotopic (exact) mass is 289 g/mol. The number of hydrogen-bond donors (Lipinski definition) is 2. The summed E-state index contributed by atoms with van der Waals surface area (Å²) in [4.78, 5) is 17.1. The first-order chi connectivity index (χ1) is 9.51. The Bertz CT molecular complexity index is 602. The van der Waals surface area contributed by atoms with Crippen LogP contribution in [0.1, 0.15) is 40.7 Å². The fourth-order valence-electron chi connectivity index (χ4n) is 1.85. The Labute approximate surface area is 123 Å². The van der Waals surface area contributed by atoms with Gasteiger partial charge in [-0.1, -0.05) is 37.3 Å². The Balaban J connectivity index is 2.12. The first-order valence-corrected chi connectivity index (χ1v) is 7.39. The molecule has 0 radical (unpaired) electrons. The number of anilines is 2. The number of aromatic nitrogens is 1. The minimum absolute atomic E-state index is 0.112. The van der Waals surface area contributed by atoms with Gasteiger partial charge in [0, 0.05) is 12.7 Å². The van der Waals surface area contributed by atoms with E-state index in [1.807, 2.05) is 31.2 Å². The van der Waals surface area contributed by atoms with Crippen LogP contribution in [0.2, 0.25) is 0 Å². The van der Waals surface area contributed by atoms with Crippen LogP contribution in [0.5, 0.6) is 0 Å². The van der Waals surface area contributed by atoms with E-state index in [2.05, 4.69) is 29.5 Å². The number of carbonyl (C=O) groups excluding carboxylic acids is 1. The zero-order valence-electron chi connectivity index (χ0n) is 12.2. The molecule has 1 aromatic heterocycles. The highest BCUT2D eigenvalue weighted by Crippen LogP contribution is 2.23. The molecule has 0 saturated carbocycles. The molecular formula is C15H19N3OS. The van der Waals surface area contributed by atoms with Gasteiger partial charge < -0.3 is 10.6 Å². The van der Waals surface area contributed by atoms with E-state index in [9.17, 15) is 4.79 Å². The lowest BCUT2D eigenvalue weighted by molar-refractivity contribution is 0.103. The molecule has 1 aromatic carbocycles. The van der Waals surface area contributed by atoms with Crippen LogP contribution in [0, 0.1) is 6.92 Å². The average Bonchev–Trinajstić information content (AvgIpc) is 2.80. The van der Waals surface area contributed by atoms with Crippen molar-refractivity contribution in [1.29, 1.82) is 0 Å². The van der Waals surface area contributed by atoms with Crippen molar-refractivity contribution in [1.82, 2.24) is 4.98 Å². The summed E-state index contributed by atoms with van der Waals surface area (Å²) in [6, 6.07) is 7.95. The molecule has 0 spiro atoms. The maximum absolute atomic E-state index is 12.2. The van der Waals surface area contributed by atoms with Gasteiger partial charge in [-0.25, -0.2) is 4.98 Å². The number of aryl methyl sites for hydroxylation is 1. The quantitative estimate of drug-likeness (QED) is 0.898. The van der Waals surface area contributed by atoms with Crippen LogP contribution in [0.15, 0.2) is 24.3 Å². The maximum atomic E-state index is 12.2. The van der Waals surface area contributed by atoms with Crippen LogP contribution in [0.3, 0.4) is 0 Å². The second-order valence-electron chi connectivity index (χ2n) is 4.91. The normalized spacial score (nSPS) is 10.7. The Morgan fingerprint density at radius 1 is 1.25 bits per heavy atom. The number of amides is 1. The minimum Gasteiger partial charge on any atom is -0.365 e. The Morgan fingerprint density at radius 3 is 2.40 bits per heavy atom. The number of hydrogen-bond acceptors (Lipinski definition) is 4. The third-order valence-corrected chi connectivity index (χ3v) is 4.23. The lowest BCUT2D eigenvalue weighted by atomic mass is 10.0. The van der Waals surface area contributed by atoms with Crippen molar-refractivity contribution in [2.75, 3.05) is 17.7 Å². The molecule has 0 atom stereocenters. The van der Waals surface area contributed by atoms with E-state index >= 15 is 0 Å². The van der Waals surface area contributed by atoms with Gasteiger partial charge >= 0.3 is 0 Å². The van der Waals surface area contributed by atoms with Crippen LogP contribution >= 0.6 is 11.3 Å². The molecule has 0 aliphatic carbocycles. The highest BCUT2D eigenvalue weighted by molar-refractivity contribution is 7.17. The van der Waals surface area contributed by atoms with Crippen molar-refractivity contribution >= 4 is 28.1 Å². The van der Waals surface area contributed by atoms with E-state index in [0.29, 0.717) is 10.8 Å². The standard InChI is InChI=1S/C15H19N3OS/c1-9(2)11-5-7-12(8-6-11)18-14(19)13-10(3)17-15(16-4)20-13/h5-9H,1-4H3,(H,16,17)(H,18,19). The predicted octanol–water partition coefficient (Wildman–Crippen LogP) is 3.87. The number of thiazole rings is 1. The Kier molecular flexibility index (Phi) is 4.39. The Hall–Kier alpha value is -1.88. The van der Waals surface area contributed by atoms with E-state index in [1.54, 1.807) is 7.05 Å². The molecule has 0 aliphatic rings. The number of carbonyl (C=O) groups is 1. The van der Waals surface area contributed by atoms with Crippen molar-refractivity contribution in [3.63, 3.8) is 0 Å². The first kappa shape index (κ1) is 14.5. The molecule has 0 saturated heterocycles. The lowest BCUT2D eigenvalue weighted by Crippen LogP contribution is -2.11. The minimum atomic E-state index is -0.112. The third-order valence-electron chi connectivity index (χ3n) is 3.05. The molecular weight excluding hydrogens is 270 g/mol. The summed E-state index contributed by atoms with van der Waals surface area (Å²) in [5.41, 5.74) is 2.81. The SMILES string of the molecule is CNc1nc(C)c(C(=O)Nc2ccc(C(C)C)cc2)s1. The van der Waals surface area contributed by atoms with Gasteiger partial charge in [0.15, 0.2) is 5.13 Å². The maximum Gasteiger partial charge on any atom is 0.267 e. The molecule has 0 bridgehead atoms. The summed E-state index contributed by atoms with van der Waals surface area (Å²) in [6.45, 7) is 6.13. The van der Waals surface area contributed by atoms with Gasteiger partial charge in [0.2, 0.25) is 0 Å². The first-order valence-electron chi connectivity index (χ1n) is 6.57. The fourth-order valence-corrected chi connectivity index (χ4v) is 2.67. The van der Waals surface area contributed by atoms with Gasteiger partial charge in [-0.2, -0.15) is 0 Å². The average molecular weight is 289 g/mol. The van der Waals surface area contributed by atoms with E-state index < -0.39 is 0 Å². The molecule has 20 heavy (non-hydrogen) atoms. The second-order valence-corrected chi connectivity index (χ2v) is 5.91. The van der Waals surface area contributed by atoms with Crippen LogP contribution in [-0.4, -0.2) is 17.9 Å². The van der Waals surface area contributed by atoms with Crippen LogP contribution in [0.4, 0.5) is 10.8 Å². The zero-order chi connectivity index (χ0) is 14.7. The van der Waals surface area contributed by atoms with E-state index in [0.717, 1.165) is 16.5 Å². The van der Waals surface area contributed by atoms with Crippen molar-refractivity contribution in [3.05, 3.63) is 40.4 Å². The van der Waals surface area contributed by atoms with Gasteiger partial charge in [-0.3, -0.25) is 4.79 Å². The fraction of sp³-hybridized carbons (Fsp3) is 0.333. The van der Waals surface area contributed by atoms with Gasteiger partial charge in [0.1, 0.15) is 4.88 Å². The number of nitrogens with one attached hydrogen (secondary N) is 2. The summed E-state index contributed by atoms with van der Waals surface area (Å²) in [7, 11) is 1.80. The summed E-state index contributed by atoms with van der Waals surface area (Å²) in [5.74, 6) is 0.375. The van der Waals surface area contributed by atoms with Crippen LogP contribution in [-0.2, 0) is 0 Å². The molecule has 2 N–H and O–H groups in total. The molecule has 4 nitrogen and oxygen atoms in total. The topological polar surface area (TPSA) is 54.0 Å². The largest absolute Gasteiger partial charge is 0.365 e. The van der Waals surface area contributed by atoms with Gasteiger partial charge in [-0.05, 0) is 30.5 Å². The van der Waals surface area contributed by atoms with Gasteiger partial charge in [0.25, 0.3) is 5.91 Å². The summed E-state index contributed by atoms with van der Waals surface area (Å²) < 4.78 is 0. The summed E-state index contributed by atoms with van der Waals surface area (Å²) >= 11 is 1.36. The molecule has 1 heterocycles.